The first kappa shape index (κ1) is 13.0. The van der Waals surface area contributed by atoms with Crippen LogP contribution in [0, 0.1) is 11.3 Å². The van der Waals surface area contributed by atoms with Crippen LogP contribution in [0.4, 0.5) is 0 Å². The molecule has 1 heterocycles. The Hall–Kier alpha value is -1.10. The number of hydrogen-bond acceptors (Lipinski definition) is 3. The molecular weight excluding hydrogens is 208 g/mol. The molecule has 1 aliphatic heterocycles. The summed E-state index contributed by atoms with van der Waals surface area (Å²) in [5.74, 6) is -0.955. The SMILES string of the molecule is CC(NC(=O)C1(C(C)C)CCNC1)C(=O)O. The molecule has 0 radical (unpaired) electrons. The molecule has 5 heteroatoms. The van der Waals surface area contributed by atoms with E-state index in [9.17, 15) is 9.59 Å². The zero-order valence-electron chi connectivity index (χ0n) is 10.0. The molecule has 0 spiro atoms. The van der Waals surface area contributed by atoms with Gasteiger partial charge in [-0.25, -0.2) is 0 Å². The van der Waals surface area contributed by atoms with E-state index in [1.165, 1.54) is 6.92 Å². The van der Waals surface area contributed by atoms with Crippen molar-refractivity contribution in [1.82, 2.24) is 10.6 Å². The summed E-state index contributed by atoms with van der Waals surface area (Å²) in [6, 6.07) is -0.830. The number of nitrogens with one attached hydrogen (secondary N) is 2. The molecule has 3 N–H and O–H groups in total. The van der Waals surface area contributed by atoms with Gasteiger partial charge in [-0.3, -0.25) is 9.59 Å². The zero-order chi connectivity index (χ0) is 12.3. The van der Waals surface area contributed by atoms with Gasteiger partial charge in [0.05, 0.1) is 5.41 Å². The van der Waals surface area contributed by atoms with Gasteiger partial charge in [0.1, 0.15) is 6.04 Å². The summed E-state index contributed by atoms with van der Waals surface area (Å²) in [5, 5.41) is 14.5. The Morgan fingerprint density at radius 2 is 2.00 bits per heavy atom. The van der Waals surface area contributed by atoms with Gasteiger partial charge in [0, 0.05) is 6.54 Å². The van der Waals surface area contributed by atoms with Crippen LogP contribution in [0.25, 0.3) is 0 Å². The molecule has 1 aliphatic rings. The van der Waals surface area contributed by atoms with Crippen LogP contribution in [0.5, 0.6) is 0 Å². The summed E-state index contributed by atoms with van der Waals surface area (Å²) in [6.45, 7) is 6.92. The fourth-order valence-electron chi connectivity index (χ4n) is 2.06. The maximum absolute atomic E-state index is 12.1. The molecule has 1 rings (SSSR count). The van der Waals surface area contributed by atoms with Crippen molar-refractivity contribution in [1.29, 1.82) is 0 Å². The quantitative estimate of drug-likeness (QED) is 0.643. The Bertz CT molecular complexity index is 283. The van der Waals surface area contributed by atoms with Crippen LogP contribution in [-0.4, -0.2) is 36.1 Å². The van der Waals surface area contributed by atoms with Gasteiger partial charge in [-0.05, 0) is 25.8 Å². The zero-order valence-corrected chi connectivity index (χ0v) is 10.0. The van der Waals surface area contributed by atoms with Crippen molar-refractivity contribution in [2.24, 2.45) is 11.3 Å². The standard InChI is InChI=1S/C11H20N2O3/c1-7(2)11(4-5-12-6-11)10(16)13-8(3)9(14)15/h7-8,12H,4-6H2,1-3H3,(H,13,16)(H,14,15). The van der Waals surface area contributed by atoms with Gasteiger partial charge >= 0.3 is 5.97 Å². The van der Waals surface area contributed by atoms with Crippen LogP contribution in [0.15, 0.2) is 0 Å². The normalized spacial score (nSPS) is 26.8. The van der Waals surface area contributed by atoms with Crippen molar-refractivity contribution in [2.45, 2.75) is 33.2 Å². The van der Waals surface area contributed by atoms with Gasteiger partial charge in [-0.1, -0.05) is 13.8 Å². The first-order valence-corrected chi connectivity index (χ1v) is 5.64. The lowest BCUT2D eigenvalue weighted by Crippen LogP contribution is -2.50. The van der Waals surface area contributed by atoms with Gasteiger partial charge < -0.3 is 15.7 Å². The average Bonchev–Trinajstić information content (AvgIpc) is 2.66. The molecule has 0 aromatic rings. The summed E-state index contributed by atoms with van der Waals surface area (Å²) in [4.78, 5) is 22.8. The maximum atomic E-state index is 12.1. The van der Waals surface area contributed by atoms with Gasteiger partial charge in [-0.2, -0.15) is 0 Å². The average molecular weight is 228 g/mol. The highest BCUT2D eigenvalue weighted by molar-refractivity contribution is 5.87. The second-order valence-electron chi connectivity index (χ2n) is 4.77. The fraction of sp³-hybridized carbons (Fsp3) is 0.818. The monoisotopic (exact) mass is 228 g/mol. The topological polar surface area (TPSA) is 78.4 Å². The van der Waals surface area contributed by atoms with Crippen LogP contribution in [0.2, 0.25) is 0 Å². The summed E-state index contributed by atoms with van der Waals surface area (Å²) < 4.78 is 0. The lowest BCUT2D eigenvalue weighted by atomic mass is 9.75. The predicted octanol–water partition coefficient (Wildman–Crippen LogP) is 0.211. The molecule has 2 unspecified atom stereocenters. The summed E-state index contributed by atoms with van der Waals surface area (Å²) in [5.41, 5.74) is -0.455. The number of carbonyl (C=O) groups is 2. The van der Waals surface area contributed by atoms with Gasteiger partial charge in [0.2, 0.25) is 5.91 Å². The van der Waals surface area contributed by atoms with Crippen molar-refractivity contribution in [3.8, 4) is 0 Å². The fourth-order valence-corrected chi connectivity index (χ4v) is 2.06. The Labute approximate surface area is 95.6 Å². The third-order valence-corrected chi connectivity index (χ3v) is 3.46. The minimum atomic E-state index is -1.00. The lowest BCUT2D eigenvalue weighted by Gasteiger charge is -2.31. The molecule has 0 aliphatic carbocycles. The lowest BCUT2D eigenvalue weighted by molar-refractivity contribution is -0.143. The summed E-state index contributed by atoms with van der Waals surface area (Å²) in [6.07, 6.45) is 0.767. The van der Waals surface area contributed by atoms with Crippen molar-refractivity contribution < 1.29 is 14.7 Å². The first-order valence-electron chi connectivity index (χ1n) is 5.64. The van der Waals surface area contributed by atoms with Gasteiger partial charge in [0.25, 0.3) is 0 Å². The highest BCUT2D eigenvalue weighted by Gasteiger charge is 2.44. The molecule has 0 bridgehead atoms. The molecule has 0 aromatic heterocycles. The number of rotatable bonds is 4. The predicted molar refractivity (Wildman–Crippen MR) is 60.0 cm³/mol. The number of aliphatic carboxylic acids is 1. The van der Waals surface area contributed by atoms with Crippen LogP contribution in [0.3, 0.4) is 0 Å². The van der Waals surface area contributed by atoms with E-state index in [0.29, 0.717) is 6.54 Å². The van der Waals surface area contributed by atoms with Gasteiger partial charge in [-0.15, -0.1) is 0 Å². The smallest absolute Gasteiger partial charge is 0.325 e. The van der Waals surface area contributed by atoms with Crippen LogP contribution in [0.1, 0.15) is 27.2 Å². The van der Waals surface area contributed by atoms with Crippen molar-refractivity contribution in [2.75, 3.05) is 13.1 Å². The Kier molecular flexibility index (Phi) is 3.91. The molecule has 1 amide bonds. The maximum Gasteiger partial charge on any atom is 0.325 e. The molecule has 2 atom stereocenters. The Balaban J connectivity index is 2.73. The summed E-state index contributed by atoms with van der Waals surface area (Å²) >= 11 is 0. The van der Waals surface area contributed by atoms with Crippen molar-refractivity contribution in [3.05, 3.63) is 0 Å². The van der Waals surface area contributed by atoms with Crippen molar-refractivity contribution >= 4 is 11.9 Å². The van der Waals surface area contributed by atoms with E-state index in [1.807, 2.05) is 13.8 Å². The molecule has 1 saturated heterocycles. The molecule has 92 valence electrons. The molecule has 16 heavy (non-hydrogen) atoms. The summed E-state index contributed by atoms with van der Waals surface area (Å²) in [7, 11) is 0. The van der Waals surface area contributed by atoms with Gasteiger partial charge in [0.15, 0.2) is 0 Å². The highest BCUT2D eigenvalue weighted by atomic mass is 16.4. The van der Waals surface area contributed by atoms with E-state index in [2.05, 4.69) is 10.6 Å². The minimum Gasteiger partial charge on any atom is -0.480 e. The molecule has 0 saturated carbocycles. The molecular formula is C11H20N2O3. The van der Waals surface area contributed by atoms with E-state index >= 15 is 0 Å². The van der Waals surface area contributed by atoms with Crippen LogP contribution in [-0.2, 0) is 9.59 Å². The number of carboxylic acids is 1. The molecule has 0 aromatic carbocycles. The number of carboxylic acid groups (broad SMARTS) is 1. The second kappa shape index (κ2) is 4.82. The Morgan fingerprint density at radius 3 is 2.38 bits per heavy atom. The number of carbonyl (C=O) groups excluding carboxylic acids is 1. The van der Waals surface area contributed by atoms with Crippen LogP contribution < -0.4 is 10.6 Å². The largest absolute Gasteiger partial charge is 0.480 e. The van der Waals surface area contributed by atoms with E-state index in [-0.39, 0.29) is 11.8 Å². The third kappa shape index (κ3) is 2.35. The Morgan fingerprint density at radius 1 is 1.38 bits per heavy atom. The van der Waals surface area contributed by atoms with E-state index < -0.39 is 17.4 Å². The van der Waals surface area contributed by atoms with E-state index in [4.69, 9.17) is 5.11 Å². The minimum absolute atomic E-state index is 0.151. The number of hydrogen-bond donors (Lipinski definition) is 3. The molecule has 1 fully saturated rings. The first-order chi connectivity index (χ1) is 7.40. The number of amides is 1. The van der Waals surface area contributed by atoms with Crippen LogP contribution >= 0.6 is 0 Å². The van der Waals surface area contributed by atoms with E-state index in [1.54, 1.807) is 0 Å². The second-order valence-corrected chi connectivity index (χ2v) is 4.77. The van der Waals surface area contributed by atoms with Crippen molar-refractivity contribution in [3.63, 3.8) is 0 Å². The van der Waals surface area contributed by atoms with E-state index in [0.717, 1.165) is 13.0 Å². The highest BCUT2D eigenvalue weighted by Crippen LogP contribution is 2.34. The third-order valence-electron chi connectivity index (χ3n) is 3.46. The molecule has 5 nitrogen and oxygen atoms in total.